The van der Waals surface area contributed by atoms with Crippen LogP contribution in [-0.4, -0.2) is 22.7 Å². The van der Waals surface area contributed by atoms with Crippen molar-refractivity contribution >= 4 is 11.6 Å². The Balaban J connectivity index is 2.48. The van der Waals surface area contributed by atoms with Crippen LogP contribution in [0.15, 0.2) is 6.20 Å². The van der Waals surface area contributed by atoms with Gasteiger partial charge >= 0.3 is 0 Å². The first-order valence-corrected chi connectivity index (χ1v) is 4.46. The van der Waals surface area contributed by atoms with E-state index in [0.29, 0.717) is 11.4 Å². The first-order valence-electron chi connectivity index (χ1n) is 4.46. The quantitative estimate of drug-likeness (QED) is 0.720. The van der Waals surface area contributed by atoms with Crippen LogP contribution < -0.4 is 10.1 Å². The van der Waals surface area contributed by atoms with Gasteiger partial charge in [-0.05, 0) is 5.92 Å². The number of hydrogen-bond donors (Lipinski definition) is 1. The Morgan fingerprint density at radius 1 is 1.57 bits per heavy atom. The Morgan fingerprint density at radius 2 is 2.36 bits per heavy atom. The van der Waals surface area contributed by atoms with Crippen molar-refractivity contribution in [2.24, 2.45) is 0 Å². The molecule has 2 rings (SSSR count). The minimum absolute atomic E-state index is 0.0518. The molecular formula is C9H11N3O2. The maximum Gasteiger partial charge on any atom is 0.262 e. The number of anilines is 1. The second-order valence-corrected chi connectivity index (χ2v) is 3.46. The Hall–Kier alpha value is -1.65. The molecule has 1 amide bonds. The molecule has 1 aromatic rings. The topological polar surface area (TPSA) is 64.1 Å². The third kappa shape index (κ3) is 1.41. The van der Waals surface area contributed by atoms with Gasteiger partial charge in [-0.1, -0.05) is 13.8 Å². The number of hydrogen-bond acceptors (Lipinski definition) is 4. The summed E-state index contributed by atoms with van der Waals surface area (Å²) < 4.78 is 5.21. The predicted molar refractivity (Wildman–Crippen MR) is 50.2 cm³/mol. The number of carbonyl (C=O) groups excluding carboxylic acids is 1. The van der Waals surface area contributed by atoms with Gasteiger partial charge in [-0.25, -0.2) is 0 Å². The molecule has 0 aliphatic carbocycles. The number of aromatic nitrogens is 2. The molecule has 0 saturated heterocycles. The van der Waals surface area contributed by atoms with Gasteiger partial charge < -0.3 is 10.1 Å². The van der Waals surface area contributed by atoms with Gasteiger partial charge in [-0.15, -0.1) is 0 Å². The highest BCUT2D eigenvalue weighted by Gasteiger charge is 2.21. The van der Waals surface area contributed by atoms with E-state index in [4.69, 9.17) is 4.74 Å². The van der Waals surface area contributed by atoms with Gasteiger partial charge in [-0.2, -0.15) is 10.2 Å². The Labute approximate surface area is 81.5 Å². The summed E-state index contributed by atoms with van der Waals surface area (Å²) in [6, 6.07) is 0. The zero-order valence-electron chi connectivity index (χ0n) is 8.07. The standard InChI is InChI=1S/C9H11N3O2/c1-5(2)8-9-6(3-10-12-8)14-4-7(13)11-9/h3,5H,4H2,1-2H3,(H,11,13). The Bertz CT molecular complexity index is 376. The van der Waals surface area contributed by atoms with Crippen molar-refractivity contribution in [3.05, 3.63) is 11.9 Å². The van der Waals surface area contributed by atoms with Gasteiger partial charge in [0.15, 0.2) is 12.4 Å². The summed E-state index contributed by atoms with van der Waals surface area (Å²) in [5, 5.41) is 10.5. The summed E-state index contributed by atoms with van der Waals surface area (Å²) >= 11 is 0. The minimum atomic E-state index is -0.146. The zero-order valence-corrected chi connectivity index (χ0v) is 8.07. The molecule has 1 aliphatic heterocycles. The lowest BCUT2D eigenvalue weighted by Gasteiger charge is -2.20. The van der Waals surface area contributed by atoms with E-state index in [-0.39, 0.29) is 18.4 Å². The smallest absolute Gasteiger partial charge is 0.262 e. The summed E-state index contributed by atoms with van der Waals surface area (Å²) in [4.78, 5) is 11.1. The SMILES string of the molecule is CC(C)c1nncc2c1NC(=O)CO2. The summed E-state index contributed by atoms with van der Waals surface area (Å²) in [5.41, 5.74) is 1.42. The fourth-order valence-corrected chi connectivity index (χ4v) is 1.34. The van der Waals surface area contributed by atoms with Crippen LogP contribution in [0.25, 0.3) is 0 Å². The fourth-order valence-electron chi connectivity index (χ4n) is 1.34. The molecule has 0 spiro atoms. The molecule has 0 bridgehead atoms. The molecule has 2 heterocycles. The molecule has 0 saturated carbocycles. The zero-order chi connectivity index (χ0) is 10.1. The van der Waals surface area contributed by atoms with E-state index in [0.717, 1.165) is 5.69 Å². The normalized spacial score (nSPS) is 14.6. The van der Waals surface area contributed by atoms with Crippen molar-refractivity contribution in [1.29, 1.82) is 0 Å². The molecule has 5 nitrogen and oxygen atoms in total. The van der Waals surface area contributed by atoms with Crippen LogP contribution in [0.5, 0.6) is 5.75 Å². The van der Waals surface area contributed by atoms with Gasteiger partial charge in [0, 0.05) is 0 Å². The van der Waals surface area contributed by atoms with Crippen LogP contribution in [0.2, 0.25) is 0 Å². The van der Waals surface area contributed by atoms with Crippen molar-refractivity contribution < 1.29 is 9.53 Å². The molecule has 5 heteroatoms. The Kier molecular flexibility index (Phi) is 2.07. The summed E-state index contributed by atoms with van der Waals surface area (Å²) in [7, 11) is 0. The van der Waals surface area contributed by atoms with E-state index in [1.54, 1.807) is 0 Å². The van der Waals surface area contributed by atoms with E-state index in [2.05, 4.69) is 15.5 Å². The lowest BCUT2D eigenvalue weighted by molar-refractivity contribution is -0.118. The summed E-state index contributed by atoms with van der Waals surface area (Å²) in [6.07, 6.45) is 1.51. The number of ether oxygens (including phenoxy) is 1. The second kappa shape index (κ2) is 3.25. The van der Waals surface area contributed by atoms with E-state index in [9.17, 15) is 4.79 Å². The molecule has 74 valence electrons. The maximum absolute atomic E-state index is 11.1. The van der Waals surface area contributed by atoms with Crippen LogP contribution in [0, 0.1) is 0 Å². The van der Waals surface area contributed by atoms with Gasteiger partial charge in [0.2, 0.25) is 0 Å². The number of fused-ring (bicyclic) bond motifs is 1. The molecule has 1 N–H and O–H groups in total. The molecule has 1 aliphatic rings. The van der Waals surface area contributed by atoms with Gasteiger partial charge in [-0.3, -0.25) is 4.79 Å². The molecule has 14 heavy (non-hydrogen) atoms. The van der Waals surface area contributed by atoms with Crippen LogP contribution in [0.1, 0.15) is 25.5 Å². The first-order chi connectivity index (χ1) is 6.68. The molecule has 1 aromatic heterocycles. The number of nitrogens with zero attached hydrogens (tertiary/aromatic N) is 2. The first kappa shape index (κ1) is 8.93. The third-order valence-corrected chi connectivity index (χ3v) is 2.01. The van der Waals surface area contributed by atoms with Gasteiger partial charge in [0.25, 0.3) is 5.91 Å². The lowest BCUT2D eigenvalue weighted by atomic mass is 10.1. The van der Waals surface area contributed by atoms with Crippen molar-refractivity contribution in [2.75, 3.05) is 11.9 Å². The predicted octanol–water partition coefficient (Wildman–Crippen LogP) is 0.931. The van der Waals surface area contributed by atoms with Crippen molar-refractivity contribution in [3.8, 4) is 5.75 Å². The molecular weight excluding hydrogens is 182 g/mol. The summed E-state index contributed by atoms with van der Waals surface area (Å²) in [6.45, 7) is 4.03. The van der Waals surface area contributed by atoms with Crippen molar-refractivity contribution in [3.63, 3.8) is 0 Å². The van der Waals surface area contributed by atoms with E-state index >= 15 is 0 Å². The number of nitrogens with one attached hydrogen (secondary N) is 1. The summed E-state index contributed by atoms with van der Waals surface area (Å²) in [5.74, 6) is 0.662. The molecule has 0 aromatic carbocycles. The highest BCUT2D eigenvalue weighted by molar-refractivity contribution is 5.95. The minimum Gasteiger partial charge on any atom is -0.480 e. The maximum atomic E-state index is 11.1. The number of amides is 1. The molecule has 0 radical (unpaired) electrons. The second-order valence-electron chi connectivity index (χ2n) is 3.46. The highest BCUT2D eigenvalue weighted by Crippen LogP contribution is 2.32. The third-order valence-electron chi connectivity index (χ3n) is 2.01. The average molecular weight is 193 g/mol. The largest absolute Gasteiger partial charge is 0.480 e. The average Bonchev–Trinajstić information content (AvgIpc) is 2.16. The van der Waals surface area contributed by atoms with Gasteiger partial charge in [0.1, 0.15) is 5.69 Å². The van der Waals surface area contributed by atoms with Crippen molar-refractivity contribution in [1.82, 2.24) is 10.2 Å². The van der Waals surface area contributed by atoms with Crippen molar-refractivity contribution in [2.45, 2.75) is 19.8 Å². The molecule has 0 fully saturated rings. The van der Waals surface area contributed by atoms with Crippen LogP contribution >= 0.6 is 0 Å². The van der Waals surface area contributed by atoms with E-state index in [1.165, 1.54) is 6.20 Å². The highest BCUT2D eigenvalue weighted by atomic mass is 16.5. The molecule has 0 unspecified atom stereocenters. The van der Waals surface area contributed by atoms with Crippen LogP contribution in [0.3, 0.4) is 0 Å². The fraction of sp³-hybridized carbons (Fsp3) is 0.444. The monoisotopic (exact) mass is 193 g/mol. The van der Waals surface area contributed by atoms with Gasteiger partial charge in [0.05, 0.1) is 11.9 Å². The lowest BCUT2D eigenvalue weighted by Crippen LogP contribution is -2.27. The van der Waals surface area contributed by atoms with Crippen LogP contribution in [-0.2, 0) is 4.79 Å². The number of rotatable bonds is 1. The van der Waals surface area contributed by atoms with E-state index < -0.39 is 0 Å². The van der Waals surface area contributed by atoms with E-state index in [1.807, 2.05) is 13.8 Å². The molecule has 0 atom stereocenters. The number of carbonyl (C=O) groups is 1. The Morgan fingerprint density at radius 3 is 3.07 bits per heavy atom. The van der Waals surface area contributed by atoms with Crippen LogP contribution in [0.4, 0.5) is 5.69 Å².